The summed E-state index contributed by atoms with van der Waals surface area (Å²) in [5, 5.41) is 0.543. The highest BCUT2D eigenvalue weighted by molar-refractivity contribution is 7.20. The van der Waals surface area contributed by atoms with Gasteiger partial charge >= 0.3 is 0 Å². The number of ether oxygens (including phenoxy) is 1. The minimum atomic E-state index is -0.115. The molecule has 1 saturated carbocycles. The molecule has 0 atom stereocenters. The predicted molar refractivity (Wildman–Crippen MR) is 105 cm³/mol. The molecular formula is C20H21N3O3S. The fourth-order valence-corrected chi connectivity index (χ4v) is 4.41. The highest BCUT2D eigenvalue weighted by Crippen LogP contribution is 2.35. The Morgan fingerprint density at radius 2 is 2.11 bits per heavy atom. The van der Waals surface area contributed by atoms with Crippen LogP contribution in [0.2, 0.25) is 0 Å². The standard InChI is InChI=1S/C20H21N3O3S/c1-12-16-18(21-11-22(2)19(16)24)27-17(12)20(25)23(14-8-9-14)10-13-6-4-5-7-15(13)26-3/h4-7,11,14H,8-10H2,1-3H3. The number of amides is 1. The maximum atomic E-state index is 13.4. The van der Waals surface area contributed by atoms with Gasteiger partial charge in [-0.1, -0.05) is 18.2 Å². The van der Waals surface area contributed by atoms with Crippen molar-refractivity contribution in [1.29, 1.82) is 0 Å². The normalized spacial score (nSPS) is 13.7. The molecule has 4 rings (SSSR count). The third kappa shape index (κ3) is 3.12. The Morgan fingerprint density at radius 3 is 2.81 bits per heavy atom. The van der Waals surface area contributed by atoms with Crippen LogP contribution in [0.15, 0.2) is 35.4 Å². The molecule has 0 saturated heterocycles. The van der Waals surface area contributed by atoms with E-state index in [1.807, 2.05) is 36.1 Å². The molecule has 1 amide bonds. The molecule has 3 aromatic rings. The summed E-state index contributed by atoms with van der Waals surface area (Å²) >= 11 is 1.30. The number of hydrogen-bond acceptors (Lipinski definition) is 5. The number of benzene rings is 1. The maximum absolute atomic E-state index is 13.4. The zero-order valence-electron chi connectivity index (χ0n) is 15.6. The fraction of sp³-hybridized carbons (Fsp3) is 0.350. The number of hydrogen-bond donors (Lipinski definition) is 0. The minimum absolute atomic E-state index is 0.0361. The molecule has 6 nitrogen and oxygen atoms in total. The van der Waals surface area contributed by atoms with Crippen LogP contribution in [-0.2, 0) is 13.6 Å². The van der Waals surface area contributed by atoms with Gasteiger partial charge in [0.25, 0.3) is 11.5 Å². The Labute approximate surface area is 161 Å². The largest absolute Gasteiger partial charge is 0.496 e. The van der Waals surface area contributed by atoms with Crippen molar-refractivity contribution in [2.24, 2.45) is 7.05 Å². The highest BCUT2D eigenvalue weighted by atomic mass is 32.1. The fourth-order valence-electron chi connectivity index (χ4n) is 3.31. The summed E-state index contributed by atoms with van der Waals surface area (Å²) in [6.45, 7) is 2.33. The molecule has 1 aliphatic carbocycles. The van der Waals surface area contributed by atoms with Crippen molar-refractivity contribution in [3.05, 3.63) is 57.0 Å². The van der Waals surface area contributed by atoms with E-state index in [9.17, 15) is 9.59 Å². The number of fused-ring (bicyclic) bond motifs is 1. The number of carbonyl (C=O) groups excluding carboxylic acids is 1. The summed E-state index contributed by atoms with van der Waals surface area (Å²) in [4.78, 5) is 33.3. The highest BCUT2D eigenvalue weighted by Gasteiger charge is 2.35. The lowest BCUT2D eigenvalue weighted by molar-refractivity contribution is 0.0733. The van der Waals surface area contributed by atoms with Crippen LogP contribution in [0.25, 0.3) is 10.2 Å². The Kier molecular flexibility index (Phi) is 4.47. The van der Waals surface area contributed by atoms with Crippen molar-refractivity contribution in [1.82, 2.24) is 14.5 Å². The summed E-state index contributed by atoms with van der Waals surface area (Å²) in [7, 11) is 3.31. The number of carbonyl (C=O) groups is 1. The van der Waals surface area contributed by atoms with E-state index in [0.29, 0.717) is 21.6 Å². The van der Waals surface area contributed by atoms with Gasteiger partial charge in [-0.2, -0.15) is 0 Å². The van der Waals surface area contributed by atoms with Gasteiger partial charge in [0.05, 0.1) is 23.7 Å². The van der Waals surface area contributed by atoms with E-state index in [1.165, 1.54) is 22.2 Å². The Morgan fingerprint density at radius 1 is 1.37 bits per heavy atom. The molecule has 0 spiro atoms. The van der Waals surface area contributed by atoms with Gasteiger partial charge in [0.15, 0.2) is 0 Å². The molecule has 27 heavy (non-hydrogen) atoms. The number of aromatic nitrogens is 2. The van der Waals surface area contributed by atoms with E-state index < -0.39 is 0 Å². The second kappa shape index (κ2) is 6.81. The molecule has 7 heteroatoms. The first-order valence-corrected chi connectivity index (χ1v) is 9.70. The van der Waals surface area contributed by atoms with Crippen LogP contribution in [0.3, 0.4) is 0 Å². The molecule has 140 valence electrons. The minimum Gasteiger partial charge on any atom is -0.496 e. The average molecular weight is 383 g/mol. The molecule has 2 aromatic heterocycles. The second-order valence-corrected chi connectivity index (χ2v) is 7.87. The SMILES string of the molecule is COc1ccccc1CN(C(=O)c1sc2ncn(C)c(=O)c2c1C)C1CC1. The Bertz CT molecular complexity index is 1080. The lowest BCUT2D eigenvalue weighted by Gasteiger charge is -2.23. The quantitative estimate of drug-likeness (QED) is 0.679. The van der Waals surface area contributed by atoms with Gasteiger partial charge in [-0.3, -0.25) is 9.59 Å². The van der Waals surface area contributed by atoms with Crippen LogP contribution in [-0.4, -0.2) is 33.5 Å². The van der Waals surface area contributed by atoms with Gasteiger partial charge in [-0.25, -0.2) is 4.98 Å². The molecule has 0 unspecified atom stereocenters. The van der Waals surface area contributed by atoms with Gasteiger partial charge in [0.1, 0.15) is 10.6 Å². The zero-order chi connectivity index (χ0) is 19.1. The number of methoxy groups -OCH3 is 1. The number of nitrogens with zero attached hydrogens (tertiary/aromatic N) is 3. The summed E-state index contributed by atoms with van der Waals surface area (Å²) in [5.74, 6) is 0.741. The number of thiophene rings is 1. The van der Waals surface area contributed by atoms with Crippen LogP contribution in [0.4, 0.5) is 0 Å². The van der Waals surface area contributed by atoms with Crippen molar-refractivity contribution in [3.8, 4) is 5.75 Å². The first-order chi connectivity index (χ1) is 13.0. The van der Waals surface area contributed by atoms with Gasteiger partial charge in [-0.15, -0.1) is 11.3 Å². The zero-order valence-corrected chi connectivity index (χ0v) is 16.4. The molecular weight excluding hydrogens is 362 g/mol. The van der Waals surface area contributed by atoms with Crippen LogP contribution >= 0.6 is 11.3 Å². The molecule has 0 radical (unpaired) electrons. The van der Waals surface area contributed by atoms with E-state index >= 15 is 0 Å². The van der Waals surface area contributed by atoms with Crippen LogP contribution < -0.4 is 10.3 Å². The molecule has 2 heterocycles. The summed E-state index contributed by atoms with van der Waals surface area (Å²) < 4.78 is 6.89. The number of aryl methyl sites for hydroxylation is 2. The average Bonchev–Trinajstić information content (AvgIpc) is 3.46. The van der Waals surface area contributed by atoms with Crippen LogP contribution in [0.5, 0.6) is 5.75 Å². The molecule has 1 aromatic carbocycles. The number of rotatable bonds is 5. The van der Waals surface area contributed by atoms with Gasteiger partial charge in [0, 0.05) is 25.2 Å². The monoisotopic (exact) mass is 383 g/mol. The summed E-state index contributed by atoms with van der Waals surface area (Å²) in [6, 6.07) is 8.00. The van der Waals surface area contributed by atoms with E-state index in [4.69, 9.17) is 4.74 Å². The first kappa shape index (κ1) is 17.7. The van der Waals surface area contributed by atoms with Gasteiger partial charge < -0.3 is 14.2 Å². The predicted octanol–water partition coefficient (Wildman–Crippen LogP) is 3.12. The van der Waals surface area contributed by atoms with Crippen molar-refractivity contribution < 1.29 is 9.53 Å². The second-order valence-electron chi connectivity index (χ2n) is 6.87. The smallest absolute Gasteiger partial charge is 0.264 e. The van der Waals surface area contributed by atoms with Crippen LogP contribution in [0.1, 0.15) is 33.6 Å². The third-order valence-electron chi connectivity index (χ3n) is 4.99. The van der Waals surface area contributed by atoms with Gasteiger partial charge in [0.2, 0.25) is 0 Å². The van der Waals surface area contributed by atoms with E-state index in [0.717, 1.165) is 29.7 Å². The van der Waals surface area contributed by atoms with Crippen molar-refractivity contribution in [3.63, 3.8) is 0 Å². The lowest BCUT2D eigenvalue weighted by Crippen LogP contribution is -2.32. The molecule has 1 aliphatic rings. The first-order valence-electron chi connectivity index (χ1n) is 8.89. The molecule has 0 aliphatic heterocycles. The van der Waals surface area contributed by atoms with Crippen molar-refractivity contribution in [2.45, 2.75) is 32.4 Å². The topological polar surface area (TPSA) is 64.4 Å². The summed E-state index contributed by atoms with van der Waals surface area (Å²) in [6.07, 6.45) is 3.51. The van der Waals surface area contributed by atoms with E-state index in [-0.39, 0.29) is 17.5 Å². The van der Waals surface area contributed by atoms with Crippen molar-refractivity contribution >= 4 is 27.5 Å². The van der Waals surface area contributed by atoms with E-state index in [1.54, 1.807) is 14.2 Å². The maximum Gasteiger partial charge on any atom is 0.264 e. The van der Waals surface area contributed by atoms with Gasteiger partial charge in [-0.05, 0) is 31.4 Å². The van der Waals surface area contributed by atoms with E-state index in [2.05, 4.69) is 4.98 Å². The third-order valence-corrected chi connectivity index (χ3v) is 6.17. The molecule has 1 fully saturated rings. The molecule has 0 N–H and O–H groups in total. The lowest BCUT2D eigenvalue weighted by atomic mass is 10.1. The Hall–Kier alpha value is -2.67. The molecule has 0 bridgehead atoms. The number of para-hydroxylation sites is 1. The van der Waals surface area contributed by atoms with Crippen LogP contribution in [0, 0.1) is 6.92 Å². The Balaban J connectivity index is 1.73. The summed E-state index contributed by atoms with van der Waals surface area (Å²) in [5.41, 5.74) is 1.59. The van der Waals surface area contributed by atoms with Crippen molar-refractivity contribution in [2.75, 3.05) is 7.11 Å².